The molecular formula is C21H16O3. The molecule has 3 rings (SSSR count). The lowest BCUT2D eigenvalue weighted by Gasteiger charge is -2.13. The van der Waals surface area contributed by atoms with E-state index in [-0.39, 0.29) is 22.9 Å². The molecule has 3 heteroatoms. The van der Waals surface area contributed by atoms with Crippen LogP contribution in [0.1, 0.15) is 37.4 Å². The Kier molecular flexibility index (Phi) is 4.25. The minimum Gasteiger partial charge on any atom is -0.508 e. The fraction of sp³-hybridized carbons (Fsp3) is 0.0476. The molecule has 0 aliphatic heterocycles. The molecule has 0 saturated carbocycles. The molecule has 0 radical (unpaired) electrons. The average Bonchev–Trinajstić information content (AvgIpc) is 2.64. The lowest BCUT2D eigenvalue weighted by molar-refractivity contribution is 0.100. The first-order valence-corrected chi connectivity index (χ1v) is 7.61. The maximum absolute atomic E-state index is 12.9. The summed E-state index contributed by atoms with van der Waals surface area (Å²) in [5, 5.41) is 10.0. The largest absolute Gasteiger partial charge is 0.508 e. The number of carbonyl (C=O) groups is 2. The van der Waals surface area contributed by atoms with E-state index in [4.69, 9.17) is 0 Å². The van der Waals surface area contributed by atoms with Gasteiger partial charge in [0.25, 0.3) is 0 Å². The van der Waals surface area contributed by atoms with Crippen LogP contribution in [0.15, 0.2) is 72.8 Å². The summed E-state index contributed by atoms with van der Waals surface area (Å²) in [4.78, 5) is 25.7. The predicted octanol–water partition coefficient (Wildman–Crippen LogP) is 4.16. The van der Waals surface area contributed by atoms with Crippen LogP contribution in [-0.2, 0) is 0 Å². The van der Waals surface area contributed by atoms with Crippen LogP contribution >= 0.6 is 0 Å². The van der Waals surface area contributed by atoms with Gasteiger partial charge in [0, 0.05) is 27.8 Å². The number of phenols is 1. The number of hydrogen-bond donors (Lipinski definition) is 1. The summed E-state index contributed by atoms with van der Waals surface area (Å²) in [6.45, 7) is 1.65. The van der Waals surface area contributed by atoms with Gasteiger partial charge >= 0.3 is 0 Å². The van der Waals surface area contributed by atoms with Crippen LogP contribution in [0.25, 0.3) is 0 Å². The molecule has 0 spiro atoms. The van der Waals surface area contributed by atoms with Crippen molar-refractivity contribution in [3.05, 3.63) is 101 Å². The van der Waals surface area contributed by atoms with Gasteiger partial charge in [-0.25, -0.2) is 0 Å². The fourth-order valence-electron chi connectivity index (χ4n) is 2.66. The zero-order chi connectivity index (χ0) is 17.1. The third-order valence-electron chi connectivity index (χ3n) is 3.98. The van der Waals surface area contributed by atoms with Gasteiger partial charge in [0.1, 0.15) is 5.75 Å². The number of ketones is 2. The molecule has 0 fully saturated rings. The van der Waals surface area contributed by atoms with Crippen LogP contribution in [0.5, 0.6) is 5.75 Å². The number of phenolic OH excluding ortho intramolecular Hbond substituents is 1. The van der Waals surface area contributed by atoms with Gasteiger partial charge in [0.2, 0.25) is 0 Å². The molecule has 0 amide bonds. The van der Waals surface area contributed by atoms with E-state index >= 15 is 0 Å². The van der Waals surface area contributed by atoms with Crippen LogP contribution < -0.4 is 0 Å². The van der Waals surface area contributed by atoms with Crippen molar-refractivity contribution >= 4 is 11.6 Å². The molecule has 3 aromatic rings. The first-order chi connectivity index (χ1) is 11.6. The van der Waals surface area contributed by atoms with Crippen molar-refractivity contribution in [2.24, 2.45) is 0 Å². The smallest absolute Gasteiger partial charge is 0.194 e. The minimum absolute atomic E-state index is 0.00103. The lowest BCUT2D eigenvalue weighted by Crippen LogP contribution is -2.13. The Hall–Kier alpha value is -3.20. The maximum Gasteiger partial charge on any atom is 0.194 e. The summed E-state index contributed by atoms with van der Waals surface area (Å²) in [6.07, 6.45) is 0. The predicted molar refractivity (Wildman–Crippen MR) is 92.6 cm³/mol. The SMILES string of the molecule is Cc1c(O)ccc(C(=O)c2ccccc2)c1C(=O)c1ccccc1. The maximum atomic E-state index is 12.9. The second-order valence-corrected chi connectivity index (χ2v) is 5.52. The van der Waals surface area contributed by atoms with E-state index in [1.807, 2.05) is 12.1 Å². The summed E-state index contributed by atoms with van der Waals surface area (Å²) in [7, 11) is 0. The Labute approximate surface area is 140 Å². The van der Waals surface area contributed by atoms with Crippen molar-refractivity contribution in [3.8, 4) is 5.75 Å². The standard InChI is InChI=1S/C21H16O3/c1-14-18(22)13-12-17(20(23)15-8-4-2-5-9-15)19(14)21(24)16-10-6-3-7-11-16/h2-13,22H,1H3. The van der Waals surface area contributed by atoms with Gasteiger partial charge in [-0.1, -0.05) is 60.7 Å². The second-order valence-electron chi connectivity index (χ2n) is 5.52. The summed E-state index contributed by atoms with van der Waals surface area (Å²) in [5.41, 5.74) is 1.93. The molecule has 3 aromatic carbocycles. The van der Waals surface area contributed by atoms with E-state index in [2.05, 4.69) is 0 Å². The molecule has 0 heterocycles. The summed E-state index contributed by atoms with van der Waals surface area (Å²) in [6, 6.07) is 20.5. The van der Waals surface area contributed by atoms with Crippen LogP contribution in [0.3, 0.4) is 0 Å². The zero-order valence-corrected chi connectivity index (χ0v) is 13.2. The third kappa shape index (κ3) is 2.84. The van der Waals surface area contributed by atoms with Crippen LogP contribution in [0.2, 0.25) is 0 Å². The molecule has 0 unspecified atom stereocenters. The topological polar surface area (TPSA) is 54.4 Å². The van der Waals surface area contributed by atoms with E-state index < -0.39 is 0 Å². The quantitative estimate of drug-likeness (QED) is 0.735. The number of benzene rings is 3. The normalized spacial score (nSPS) is 10.4. The summed E-state index contributed by atoms with van der Waals surface area (Å²) in [5.74, 6) is -0.514. The molecule has 0 aliphatic carbocycles. The van der Waals surface area contributed by atoms with E-state index in [0.29, 0.717) is 22.3 Å². The van der Waals surface area contributed by atoms with Crippen LogP contribution in [-0.4, -0.2) is 16.7 Å². The molecule has 1 N–H and O–H groups in total. The van der Waals surface area contributed by atoms with Crippen LogP contribution in [0, 0.1) is 6.92 Å². The van der Waals surface area contributed by atoms with Crippen molar-refractivity contribution in [2.75, 3.05) is 0 Å². The lowest BCUT2D eigenvalue weighted by atomic mass is 9.89. The molecular weight excluding hydrogens is 300 g/mol. The molecule has 24 heavy (non-hydrogen) atoms. The summed E-state index contributed by atoms with van der Waals surface area (Å²) >= 11 is 0. The first kappa shape index (κ1) is 15.7. The van der Waals surface area contributed by atoms with Gasteiger partial charge in [0.15, 0.2) is 11.6 Å². The van der Waals surface area contributed by atoms with Gasteiger partial charge in [-0.05, 0) is 19.1 Å². The van der Waals surface area contributed by atoms with Crippen molar-refractivity contribution in [1.29, 1.82) is 0 Å². The van der Waals surface area contributed by atoms with Crippen LogP contribution in [0.4, 0.5) is 0 Å². The monoisotopic (exact) mass is 316 g/mol. The number of aromatic hydroxyl groups is 1. The van der Waals surface area contributed by atoms with E-state index in [1.165, 1.54) is 12.1 Å². The van der Waals surface area contributed by atoms with Crippen molar-refractivity contribution in [2.45, 2.75) is 6.92 Å². The molecule has 0 aromatic heterocycles. The first-order valence-electron chi connectivity index (χ1n) is 7.61. The van der Waals surface area contributed by atoms with Crippen molar-refractivity contribution in [1.82, 2.24) is 0 Å². The van der Waals surface area contributed by atoms with Gasteiger partial charge in [-0.3, -0.25) is 9.59 Å². The number of carbonyl (C=O) groups excluding carboxylic acids is 2. The number of hydrogen-bond acceptors (Lipinski definition) is 3. The van der Waals surface area contributed by atoms with Crippen molar-refractivity contribution < 1.29 is 14.7 Å². The molecule has 0 atom stereocenters. The van der Waals surface area contributed by atoms with Crippen molar-refractivity contribution in [3.63, 3.8) is 0 Å². The Morgan fingerprint density at radius 1 is 0.708 bits per heavy atom. The van der Waals surface area contributed by atoms with Gasteiger partial charge in [-0.15, -0.1) is 0 Å². The van der Waals surface area contributed by atoms with Gasteiger partial charge in [0.05, 0.1) is 0 Å². The highest BCUT2D eigenvalue weighted by Crippen LogP contribution is 2.28. The fourth-order valence-corrected chi connectivity index (χ4v) is 2.66. The highest BCUT2D eigenvalue weighted by Gasteiger charge is 2.23. The van der Waals surface area contributed by atoms with E-state index in [9.17, 15) is 14.7 Å². The molecule has 0 bridgehead atoms. The zero-order valence-electron chi connectivity index (χ0n) is 13.2. The highest BCUT2D eigenvalue weighted by molar-refractivity contribution is 6.20. The highest BCUT2D eigenvalue weighted by atomic mass is 16.3. The van der Waals surface area contributed by atoms with Gasteiger partial charge < -0.3 is 5.11 Å². The molecule has 3 nitrogen and oxygen atoms in total. The Balaban J connectivity index is 2.16. The Bertz CT molecular complexity index is 897. The molecule has 0 aliphatic rings. The second kappa shape index (κ2) is 6.50. The van der Waals surface area contributed by atoms with Gasteiger partial charge in [-0.2, -0.15) is 0 Å². The van der Waals surface area contributed by atoms with E-state index in [0.717, 1.165) is 0 Å². The third-order valence-corrected chi connectivity index (χ3v) is 3.98. The Morgan fingerprint density at radius 3 is 1.75 bits per heavy atom. The number of rotatable bonds is 4. The minimum atomic E-state index is -0.275. The average molecular weight is 316 g/mol. The molecule has 118 valence electrons. The molecule has 0 saturated heterocycles. The Morgan fingerprint density at radius 2 is 1.21 bits per heavy atom. The van der Waals surface area contributed by atoms with E-state index in [1.54, 1.807) is 55.5 Å². The summed E-state index contributed by atoms with van der Waals surface area (Å²) < 4.78 is 0.